The second-order valence-corrected chi connectivity index (χ2v) is 15.9. The molecular weight excluding hydrogens is 482 g/mol. The van der Waals surface area contributed by atoms with Crippen LogP contribution in [-0.2, 0) is 31.5 Å². The van der Waals surface area contributed by atoms with Gasteiger partial charge in [-0.3, -0.25) is 0 Å². The van der Waals surface area contributed by atoms with Crippen LogP contribution in [0.2, 0.25) is 0 Å². The first-order chi connectivity index (χ1) is 16.4. The Labute approximate surface area is 223 Å². The van der Waals surface area contributed by atoms with Gasteiger partial charge in [0.2, 0.25) is 9.84 Å². The van der Waals surface area contributed by atoms with E-state index in [-0.39, 0.29) is 16.4 Å². The molecule has 0 amide bonds. The fourth-order valence-corrected chi connectivity index (χ4v) is 5.45. The van der Waals surface area contributed by atoms with Gasteiger partial charge in [0.15, 0.2) is 0 Å². The summed E-state index contributed by atoms with van der Waals surface area (Å²) in [6, 6.07) is 8.34. The highest BCUT2D eigenvalue weighted by Gasteiger charge is 2.32. The lowest BCUT2D eigenvalue weighted by Crippen LogP contribution is -2.19. The molecule has 2 aromatic rings. The van der Waals surface area contributed by atoms with Crippen molar-refractivity contribution in [2.45, 2.75) is 110 Å². The molecular formula is C31H43NO4S. The molecule has 0 radical (unpaired) electrons. The molecule has 0 saturated carbocycles. The summed E-state index contributed by atoms with van der Waals surface area (Å²) < 4.78 is 27.7. The Kier molecular flexibility index (Phi) is 7.82. The van der Waals surface area contributed by atoms with Crippen LogP contribution in [0.5, 0.6) is 11.5 Å². The molecule has 0 heterocycles. The quantitative estimate of drug-likeness (QED) is 0.402. The van der Waals surface area contributed by atoms with E-state index in [2.05, 4.69) is 0 Å². The topological polar surface area (TPSA) is 98.4 Å². The van der Waals surface area contributed by atoms with Crippen LogP contribution in [0, 0.1) is 11.3 Å². The zero-order valence-corrected chi connectivity index (χ0v) is 25.3. The van der Waals surface area contributed by atoms with Crippen LogP contribution < -0.4 is 0 Å². The predicted octanol–water partition coefficient (Wildman–Crippen LogP) is 7.63. The van der Waals surface area contributed by atoms with Gasteiger partial charge in [0, 0.05) is 22.3 Å². The molecule has 0 spiro atoms. The van der Waals surface area contributed by atoms with Crippen LogP contribution in [0.4, 0.5) is 0 Å². The number of hydrogen-bond acceptors (Lipinski definition) is 5. The summed E-state index contributed by atoms with van der Waals surface area (Å²) >= 11 is 0. The monoisotopic (exact) mass is 525 g/mol. The highest BCUT2D eigenvalue weighted by molar-refractivity contribution is 7.95. The molecule has 0 saturated heterocycles. The number of phenols is 2. The van der Waals surface area contributed by atoms with E-state index in [9.17, 15) is 23.9 Å². The third-order valence-corrected chi connectivity index (χ3v) is 8.10. The van der Waals surface area contributed by atoms with Gasteiger partial charge in [-0.2, -0.15) is 5.26 Å². The summed E-state index contributed by atoms with van der Waals surface area (Å²) in [4.78, 5) is -0.429. The lowest BCUT2D eigenvalue weighted by atomic mass is 9.78. The number of nitrogens with zero attached hydrogens (tertiary/aromatic N) is 1. The van der Waals surface area contributed by atoms with Crippen LogP contribution in [0.3, 0.4) is 0 Å². The number of hydrogen-bond donors (Lipinski definition) is 2. The summed E-state index contributed by atoms with van der Waals surface area (Å²) in [6.07, 6.45) is 1.37. The lowest BCUT2D eigenvalue weighted by molar-refractivity contribution is 0.421. The number of allylic oxidation sites excluding steroid dienone is 1. The van der Waals surface area contributed by atoms with E-state index in [1.807, 2.05) is 89.2 Å². The molecule has 0 aliphatic rings. The zero-order chi connectivity index (χ0) is 28.9. The first kappa shape index (κ1) is 30.4. The normalized spacial score (nSPS) is 14.0. The maximum Gasteiger partial charge on any atom is 0.216 e. The minimum atomic E-state index is -4.21. The van der Waals surface area contributed by atoms with Crippen molar-refractivity contribution >= 4 is 15.9 Å². The molecule has 0 atom stereocenters. The third-order valence-electron chi connectivity index (χ3n) is 6.46. The highest BCUT2D eigenvalue weighted by atomic mass is 32.2. The van der Waals surface area contributed by atoms with E-state index in [1.165, 1.54) is 18.2 Å². The summed E-state index contributed by atoms with van der Waals surface area (Å²) in [6.45, 7) is 23.3. The van der Waals surface area contributed by atoms with Crippen molar-refractivity contribution in [2.75, 3.05) is 0 Å². The largest absolute Gasteiger partial charge is 0.507 e. The molecule has 2 N–H and O–H groups in total. The van der Waals surface area contributed by atoms with Crippen LogP contribution in [0.1, 0.15) is 111 Å². The molecule has 0 bridgehead atoms. The summed E-state index contributed by atoms with van der Waals surface area (Å²) in [5.74, 6) is 0.256. The Bertz CT molecular complexity index is 1310. The molecule has 0 fully saturated rings. The van der Waals surface area contributed by atoms with Gasteiger partial charge in [0.25, 0.3) is 0 Å². The van der Waals surface area contributed by atoms with Gasteiger partial charge in [-0.1, -0.05) is 83.1 Å². The maximum atomic E-state index is 13.8. The van der Waals surface area contributed by atoms with Crippen LogP contribution in [0.15, 0.2) is 34.1 Å². The number of aromatic hydroxyl groups is 2. The van der Waals surface area contributed by atoms with Crippen molar-refractivity contribution in [1.82, 2.24) is 0 Å². The molecule has 6 heteroatoms. The second kappa shape index (κ2) is 9.51. The average molecular weight is 526 g/mol. The van der Waals surface area contributed by atoms with E-state index in [0.29, 0.717) is 27.8 Å². The smallest absolute Gasteiger partial charge is 0.216 e. The SMILES string of the molecule is CC(C)(C)c1cc(C=C(C#N)S(=O)(=O)c2cc(C(C)(C)C)c(O)c(C(C)(C)C)c2)cc(C(C)(C)C)c1O. The Hall–Kier alpha value is -2.78. The van der Waals surface area contributed by atoms with E-state index < -0.39 is 36.4 Å². The molecule has 0 aromatic heterocycles. The minimum Gasteiger partial charge on any atom is -0.507 e. The molecule has 0 aliphatic heterocycles. The first-order valence-electron chi connectivity index (χ1n) is 12.5. The lowest BCUT2D eigenvalue weighted by Gasteiger charge is -2.28. The van der Waals surface area contributed by atoms with Crippen LogP contribution >= 0.6 is 0 Å². The summed E-state index contributed by atoms with van der Waals surface area (Å²) in [5.41, 5.74) is 1.04. The van der Waals surface area contributed by atoms with Crippen molar-refractivity contribution in [3.8, 4) is 17.6 Å². The minimum absolute atomic E-state index is 0.0289. The van der Waals surface area contributed by atoms with Crippen LogP contribution in [-0.4, -0.2) is 18.6 Å². The van der Waals surface area contributed by atoms with Crippen molar-refractivity contribution in [2.24, 2.45) is 0 Å². The predicted molar refractivity (Wildman–Crippen MR) is 152 cm³/mol. The summed E-state index contributed by atoms with van der Waals surface area (Å²) in [5, 5.41) is 32.1. The summed E-state index contributed by atoms with van der Waals surface area (Å²) in [7, 11) is -4.21. The Morgan fingerprint density at radius 1 is 0.676 bits per heavy atom. The molecule has 2 rings (SSSR count). The molecule has 37 heavy (non-hydrogen) atoms. The van der Waals surface area contributed by atoms with Gasteiger partial charge in [-0.15, -0.1) is 0 Å². The Balaban J connectivity index is 2.91. The molecule has 5 nitrogen and oxygen atoms in total. The number of nitriles is 1. The third kappa shape index (κ3) is 6.38. The molecule has 0 unspecified atom stereocenters. The van der Waals surface area contributed by atoms with Crippen molar-refractivity contribution in [1.29, 1.82) is 5.26 Å². The number of benzene rings is 2. The van der Waals surface area contributed by atoms with Crippen molar-refractivity contribution in [3.05, 3.63) is 57.0 Å². The highest BCUT2D eigenvalue weighted by Crippen LogP contribution is 2.43. The van der Waals surface area contributed by atoms with Gasteiger partial charge in [0.05, 0.1) is 4.90 Å². The van der Waals surface area contributed by atoms with Gasteiger partial charge in [0.1, 0.15) is 22.5 Å². The fourth-order valence-electron chi connectivity index (χ4n) is 4.24. The van der Waals surface area contributed by atoms with Gasteiger partial charge in [-0.25, -0.2) is 8.42 Å². The Morgan fingerprint density at radius 2 is 0.973 bits per heavy atom. The van der Waals surface area contributed by atoms with Crippen LogP contribution in [0.25, 0.3) is 6.08 Å². The first-order valence-corrected chi connectivity index (χ1v) is 14.0. The maximum absolute atomic E-state index is 13.8. The second-order valence-electron chi connectivity index (χ2n) is 14.0. The van der Waals surface area contributed by atoms with Crippen molar-refractivity contribution in [3.63, 3.8) is 0 Å². The van der Waals surface area contributed by atoms with Gasteiger partial charge in [-0.05, 0) is 57.6 Å². The van der Waals surface area contributed by atoms with Gasteiger partial charge < -0.3 is 10.2 Å². The Morgan fingerprint density at radius 3 is 1.24 bits per heavy atom. The van der Waals surface area contributed by atoms with E-state index in [0.717, 1.165) is 0 Å². The average Bonchev–Trinajstić information content (AvgIpc) is 2.69. The molecule has 202 valence electrons. The van der Waals surface area contributed by atoms with Crippen molar-refractivity contribution < 1.29 is 18.6 Å². The standard InChI is InChI=1S/C31H43NO4S/c1-28(2,3)22-14-19(15-23(26(22)33)29(4,5)6)13-21(18-32)37(35,36)20-16-24(30(7,8)9)27(34)25(17-20)31(10,11)12/h13-17,33-34H,1-12H3. The van der Waals surface area contributed by atoms with E-state index >= 15 is 0 Å². The molecule has 2 aromatic carbocycles. The molecule has 0 aliphatic carbocycles. The number of rotatable bonds is 3. The van der Waals surface area contributed by atoms with Gasteiger partial charge >= 0.3 is 0 Å². The fraction of sp³-hybridized carbons (Fsp3) is 0.516. The van der Waals surface area contributed by atoms with E-state index in [1.54, 1.807) is 12.1 Å². The number of phenolic OH excluding ortho intramolecular Hbond substituents is 2. The van der Waals surface area contributed by atoms with E-state index in [4.69, 9.17) is 0 Å². The number of sulfone groups is 1. The zero-order valence-electron chi connectivity index (χ0n) is 24.5.